The third-order valence-corrected chi connectivity index (χ3v) is 7.38. The van der Waals surface area contributed by atoms with E-state index in [-0.39, 0.29) is 5.91 Å². The van der Waals surface area contributed by atoms with Crippen LogP contribution in [0.1, 0.15) is 51.7 Å². The van der Waals surface area contributed by atoms with E-state index in [2.05, 4.69) is 46.7 Å². The zero-order valence-corrected chi connectivity index (χ0v) is 16.8. The second-order valence-electron chi connectivity index (χ2n) is 9.04. The summed E-state index contributed by atoms with van der Waals surface area (Å²) in [6.07, 6.45) is 11.8. The minimum Gasteiger partial charge on any atom is -0.370 e. The van der Waals surface area contributed by atoms with E-state index in [4.69, 9.17) is 0 Å². The van der Waals surface area contributed by atoms with Crippen LogP contribution in [0.4, 0.5) is 11.4 Å². The van der Waals surface area contributed by atoms with E-state index >= 15 is 0 Å². The molecule has 4 atom stereocenters. The standard InChI is InChI=1S/C26H26N2O/c1-16-6-2-3-9-19(16)26(29)27-23-13-12-22-20-10-4-7-17(20)14-28-15-18-8-5-11-21(18)24(23)25(22)28/h2-6,9-13,17-18,20-21H,7-8,14-15H2,1H3,(H,27,29)/t17-,18+,20-,21+/m0/s1. The van der Waals surface area contributed by atoms with Crippen LogP contribution in [0.3, 0.4) is 0 Å². The van der Waals surface area contributed by atoms with Gasteiger partial charge in [0, 0.05) is 47.4 Å². The highest BCUT2D eigenvalue weighted by molar-refractivity contribution is 6.06. The van der Waals surface area contributed by atoms with E-state index in [1.807, 2.05) is 31.2 Å². The van der Waals surface area contributed by atoms with Crippen molar-refractivity contribution in [1.82, 2.24) is 0 Å². The molecule has 1 amide bonds. The summed E-state index contributed by atoms with van der Waals surface area (Å²) in [6, 6.07) is 12.2. The van der Waals surface area contributed by atoms with Crippen molar-refractivity contribution < 1.29 is 4.79 Å². The van der Waals surface area contributed by atoms with Gasteiger partial charge in [0.2, 0.25) is 0 Å². The molecule has 0 radical (unpaired) electrons. The Morgan fingerprint density at radius 3 is 2.48 bits per heavy atom. The number of carbonyl (C=O) groups is 1. The highest BCUT2D eigenvalue weighted by atomic mass is 16.1. The van der Waals surface area contributed by atoms with Crippen LogP contribution in [0.5, 0.6) is 0 Å². The first-order chi connectivity index (χ1) is 14.2. The Kier molecular flexibility index (Phi) is 3.74. The molecule has 3 nitrogen and oxygen atoms in total. The molecule has 6 rings (SSSR count). The number of aryl methyl sites for hydroxylation is 1. The van der Waals surface area contributed by atoms with Crippen LogP contribution in [0, 0.1) is 18.8 Å². The third kappa shape index (κ3) is 2.53. The van der Waals surface area contributed by atoms with E-state index < -0.39 is 0 Å². The Bertz CT molecular complexity index is 1060. The predicted molar refractivity (Wildman–Crippen MR) is 118 cm³/mol. The summed E-state index contributed by atoms with van der Waals surface area (Å²) in [6.45, 7) is 4.27. The van der Waals surface area contributed by atoms with E-state index in [0.29, 0.717) is 23.7 Å². The summed E-state index contributed by atoms with van der Waals surface area (Å²) in [5.74, 6) is 2.26. The van der Waals surface area contributed by atoms with Crippen LogP contribution in [0.15, 0.2) is 60.7 Å². The van der Waals surface area contributed by atoms with Crippen LogP contribution in [-0.4, -0.2) is 19.0 Å². The van der Waals surface area contributed by atoms with E-state index in [0.717, 1.165) is 36.3 Å². The number of nitrogens with zero attached hydrogens (tertiary/aromatic N) is 1. The molecule has 1 N–H and O–H groups in total. The van der Waals surface area contributed by atoms with Crippen molar-refractivity contribution in [3.63, 3.8) is 0 Å². The normalized spacial score (nSPS) is 28.1. The molecule has 2 heterocycles. The quantitative estimate of drug-likeness (QED) is 0.705. The van der Waals surface area contributed by atoms with Crippen LogP contribution in [0.2, 0.25) is 0 Å². The molecule has 2 aromatic rings. The molecule has 4 aliphatic rings. The molecule has 2 aliphatic carbocycles. The van der Waals surface area contributed by atoms with Crippen molar-refractivity contribution in [1.29, 1.82) is 0 Å². The molecular weight excluding hydrogens is 356 g/mol. The number of amides is 1. The lowest BCUT2D eigenvalue weighted by molar-refractivity contribution is 0.102. The molecule has 0 unspecified atom stereocenters. The van der Waals surface area contributed by atoms with Crippen LogP contribution in [-0.2, 0) is 0 Å². The van der Waals surface area contributed by atoms with Gasteiger partial charge in [-0.2, -0.15) is 0 Å². The van der Waals surface area contributed by atoms with Crippen molar-refractivity contribution in [2.45, 2.75) is 31.6 Å². The average molecular weight is 383 g/mol. The fourth-order valence-corrected chi connectivity index (χ4v) is 6.01. The molecule has 2 aromatic carbocycles. The highest BCUT2D eigenvalue weighted by Crippen LogP contribution is 2.54. The number of hydrogen-bond acceptors (Lipinski definition) is 2. The Morgan fingerprint density at radius 2 is 1.69 bits per heavy atom. The summed E-state index contributed by atoms with van der Waals surface area (Å²) in [7, 11) is 0. The van der Waals surface area contributed by atoms with Crippen LogP contribution in [0.25, 0.3) is 0 Å². The minimum atomic E-state index is -0.00982. The van der Waals surface area contributed by atoms with Crippen molar-refractivity contribution in [2.75, 3.05) is 23.3 Å². The number of hydrogen-bond donors (Lipinski definition) is 1. The maximum absolute atomic E-state index is 13.1. The third-order valence-electron chi connectivity index (χ3n) is 7.38. The number of carbonyl (C=O) groups excluding carboxylic acids is 1. The number of benzene rings is 2. The molecule has 29 heavy (non-hydrogen) atoms. The average Bonchev–Trinajstić information content (AvgIpc) is 3.38. The van der Waals surface area contributed by atoms with Gasteiger partial charge in [-0.15, -0.1) is 0 Å². The lowest BCUT2D eigenvalue weighted by Gasteiger charge is -2.46. The number of nitrogens with one attached hydrogen (secondary N) is 1. The van der Waals surface area contributed by atoms with Gasteiger partial charge in [0.25, 0.3) is 5.91 Å². The van der Waals surface area contributed by atoms with Crippen molar-refractivity contribution in [3.05, 3.63) is 83.0 Å². The lowest BCUT2D eigenvalue weighted by atomic mass is 9.74. The number of anilines is 2. The Hall–Kier alpha value is -2.81. The Labute approximate surface area is 172 Å². The van der Waals surface area contributed by atoms with Crippen LogP contribution >= 0.6 is 0 Å². The topological polar surface area (TPSA) is 32.3 Å². The summed E-state index contributed by atoms with van der Waals surface area (Å²) in [5, 5.41) is 3.28. The van der Waals surface area contributed by atoms with E-state index in [1.54, 1.807) is 0 Å². The molecule has 146 valence electrons. The monoisotopic (exact) mass is 382 g/mol. The molecule has 0 spiro atoms. The predicted octanol–water partition coefficient (Wildman–Crippen LogP) is 5.40. The summed E-state index contributed by atoms with van der Waals surface area (Å²) in [5.41, 5.74) is 6.95. The zero-order chi connectivity index (χ0) is 19.5. The fourth-order valence-electron chi connectivity index (χ4n) is 6.01. The van der Waals surface area contributed by atoms with Crippen molar-refractivity contribution in [2.24, 2.45) is 11.8 Å². The molecule has 0 fully saturated rings. The van der Waals surface area contributed by atoms with Gasteiger partial charge in [-0.25, -0.2) is 0 Å². The van der Waals surface area contributed by atoms with Crippen LogP contribution < -0.4 is 10.2 Å². The molecule has 2 aliphatic heterocycles. The Morgan fingerprint density at radius 1 is 0.966 bits per heavy atom. The number of fused-ring (bicyclic) bond motifs is 4. The molecule has 0 bridgehead atoms. The largest absolute Gasteiger partial charge is 0.370 e. The smallest absolute Gasteiger partial charge is 0.255 e. The van der Waals surface area contributed by atoms with Crippen molar-refractivity contribution in [3.8, 4) is 0 Å². The van der Waals surface area contributed by atoms with Gasteiger partial charge in [-0.1, -0.05) is 48.6 Å². The van der Waals surface area contributed by atoms with Gasteiger partial charge in [0.1, 0.15) is 0 Å². The van der Waals surface area contributed by atoms with Gasteiger partial charge in [-0.3, -0.25) is 4.79 Å². The maximum Gasteiger partial charge on any atom is 0.255 e. The summed E-state index contributed by atoms with van der Waals surface area (Å²) >= 11 is 0. The molecule has 0 saturated heterocycles. The van der Waals surface area contributed by atoms with Gasteiger partial charge in [0.15, 0.2) is 0 Å². The first-order valence-corrected chi connectivity index (χ1v) is 10.8. The molecular formula is C26H26N2O. The molecule has 0 saturated carbocycles. The van der Waals surface area contributed by atoms with Gasteiger partial charge >= 0.3 is 0 Å². The first-order valence-electron chi connectivity index (χ1n) is 10.8. The zero-order valence-electron chi connectivity index (χ0n) is 16.8. The highest BCUT2D eigenvalue weighted by Gasteiger charge is 2.43. The second-order valence-corrected chi connectivity index (χ2v) is 9.04. The van der Waals surface area contributed by atoms with E-state index in [9.17, 15) is 4.79 Å². The van der Waals surface area contributed by atoms with Gasteiger partial charge in [-0.05, 0) is 54.9 Å². The first kappa shape index (κ1) is 17.1. The minimum absolute atomic E-state index is 0.00982. The number of allylic oxidation sites excluding steroid dienone is 4. The van der Waals surface area contributed by atoms with Gasteiger partial charge < -0.3 is 10.2 Å². The summed E-state index contributed by atoms with van der Waals surface area (Å²) < 4.78 is 0. The summed E-state index contributed by atoms with van der Waals surface area (Å²) in [4.78, 5) is 15.7. The Balaban J connectivity index is 1.47. The second kappa shape index (κ2) is 6.35. The van der Waals surface area contributed by atoms with E-state index in [1.165, 1.54) is 23.2 Å². The molecule has 0 aromatic heterocycles. The lowest BCUT2D eigenvalue weighted by Crippen LogP contribution is -2.44. The SMILES string of the molecule is Cc1ccccc1C(=O)Nc1ccc2c3c1[C@@H]1C=CC[C@@H]1CN3C[C@@H]1CC=C[C@H]21. The number of rotatable bonds is 2. The van der Waals surface area contributed by atoms with Crippen molar-refractivity contribution >= 4 is 17.3 Å². The maximum atomic E-state index is 13.1. The molecule has 3 heteroatoms. The fraction of sp³-hybridized carbons (Fsp3) is 0.346. The van der Waals surface area contributed by atoms with Gasteiger partial charge in [0.05, 0.1) is 0 Å².